The molecule has 0 aliphatic carbocycles. The van der Waals surface area contributed by atoms with Crippen molar-refractivity contribution in [2.24, 2.45) is 0 Å². The van der Waals surface area contributed by atoms with E-state index < -0.39 is 0 Å². The summed E-state index contributed by atoms with van der Waals surface area (Å²) in [4.78, 5) is 0. The molecule has 7 rings (SSSR count). The molecule has 0 unspecified atom stereocenters. The Kier molecular flexibility index (Phi) is 8.22. The van der Waals surface area contributed by atoms with Gasteiger partial charge in [0.1, 0.15) is 0 Å². The highest BCUT2D eigenvalue weighted by Crippen LogP contribution is 2.52. The monoisotopic (exact) mass is 562 g/mol. The molecule has 0 amide bonds. The van der Waals surface area contributed by atoms with Gasteiger partial charge in [-0.05, 0) is 90.7 Å². The quantitative estimate of drug-likeness (QED) is 0.111. The maximum atomic E-state index is 4.00. The maximum absolute atomic E-state index is 4.00. The highest BCUT2D eigenvalue weighted by Gasteiger charge is 2.25. The Labute approximate surface area is 260 Å². The molecule has 0 aromatic heterocycles. The molecule has 0 bridgehead atoms. The van der Waals surface area contributed by atoms with Gasteiger partial charge in [-0.25, -0.2) is 0 Å². The lowest BCUT2D eigenvalue weighted by Crippen LogP contribution is -1.99. The summed E-state index contributed by atoms with van der Waals surface area (Å²) in [7, 11) is 0. The van der Waals surface area contributed by atoms with Gasteiger partial charge in [-0.3, -0.25) is 0 Å². The van der Waals surface area contributed by atoms with Crippen molar-refractivity contribution in [2.45, 2.75) is 13.8 Å². The topological polar surface area (TPSA) is 0 Å². The van der Waals surface area contributed by atoms with Crippen LogP contribution >= 0.6 is 0 Å². The van der Waals surface area contributed by atoms with Gasteiger partial charge in [-0.1, -0.05) is 158 Å². The van der Waals surface area contributed by atoms with E-state index in [1.165, 1.54) is 76.8 Å². The van der Waals surface area contributed by atoms with Gasteiger partial charge >= 0.3 is 0 Å². The first-order valence-electron chi connectivity index (χ1n) is 15.0. The summed E-state index contributed by atoms with van der Waals surface area (Å²) in [6, 6.07) is 50.7. The van der Waals surface area contributed by atoms with Crippen LogP contribution in [0.4, 0.5) is 0 Å². The molecule has 0 N–H and O–H groups in total. The second-order valence-electron chi connectivity index (χ2n) is 10.7. The molecule has 7 aromatic carbocycles. The molecule has 0 nitrogen and oxygen atoms in total. The Morgan fingerprint density at radius 3 is 1.16 bits per heavy atom. The first-order valence-corrected chi connectivity index (χ1v) is 15.0. The van der Waals surface area contributed by atoms with Crippen LogP contribution in [0.3, 0.4) is 0 Å². The molecule has 210 valence electrons. The lowest BCUT2D eigenvalue weighted by Gasteiger charge is -2.25. The molecule has 0 saturated carbocycles. The van der Waals surface area contributed by atoms with Gasteiger partial charge in [-0.15, -0.1) is 12.8 Å². The third-order valence-corrected chi connectivity index (χ3v) is 8.31. The number of allylic oxidation sites excluding steroid dienone is 4. The number of fused-ring (bicyclic) bond motifs is 3. The lowest BCUT2D eigenvalue weighted by molar-refractivity contribution is 1.62. The smallest absolute Gasteiger partial charge is 0.000139 e. The van der Waals surface area contributed by atoms with E-state index in [0.717, 1.165) is 0 Å². The highest BCUT2D eigenvalue weighted by molar-refractivity contribution is 6.32. The van der Waals surface area contributed by atoms with Gasteiger partial charge in [0.15, 0.2) is 0 Å². The molecule has 7 aromatic rings. The van der Waals surface area contributed by atoms with Crippen LogP contribution in [0.15, 0.2) is 158 Å². The van der Waals surface area contributed by atoms with Gasteiger partial charge in [0.05, 0.1) is 0 Å². The van der Waals surface area contributed by atoms with Crippen molar-refractivity contribution < 1.29 is 0 Å². The predicted molar refractivity (Wildman–Crippen MR) is 194 cm³/mol. The van der Waals surface area contributed by atoms with Crippen molar-refractivity contribution in [3.05, 3.63) is 163 Å². The number of terminal acetylenes is 1. The van der Waals surface area contributed by atoms with E-state index in [4.69, 9.17) is 0 Å². The second-order valence-corrected chi connectivity index (χ2v) is 10.7. The van der Waals surface area contributed by atoms with Crippen molar-refractivity contribution in [3.63, 3.8) is 0 Å². The molecule has 44 heavy (non-hydrogen) atoms. The Morgan fingerprint density at radius 2 is 0.773 bits per heavy atom. The van der Waals surface area contributed by atoms with Crippen molar-refractivity contribution in [1.82, 2.24) is 0 Å². The molecule has 0 aliphatic heterocycles. The van der Waals surface area contributed by atoms with E-state index in [1.807, 2.05) is 0 Å². The van der Waals surface area contributed by atoms with Gasteiger partial charge in [0, 0.05) is 0 Å². The third kappa shape index (κ3) is 4.80. The van der Waals surface area contributed by atoms with Crippen LogP contribution in [-0.2, 0) is 0 Å². The highest BCUT2D eigenvalue weighted by atomic mass is 14.3. The summed E-state index contributed by atoms with van der Waals surface area (Å²) in [6.07, 6.45) is 14.7. The minimum absolute atomic E-state index is 1.23. The molecule has 0 fully saturated rings. The van der Waals surface area contributed by atoms with E-state index in [-0.39, 0.29) is 0 Å². The molecular weight excluding hydrogens is 528 g/mol. The molecule has 0 atom stereocenters. The molecule has 0 radical (unpaired) electrons. The Hall–Kier alpha value is -5.64. The van der Waals surface area contributed by atoms with E-state index >= 15 is 0 Å². The number of hydrogen-bond acceptors (Lipinski definition) is 0. The van der Waals surface area contributed by atoms with E-state index in [1.54, 1.807) is 0 Å². The zero-order valence-electron chi connectivity index (χ0n) is 25.2. The van der Waals surface area contributed by atoms with Crippen LogP contribution in [0.2, 0.25) is 0 Å². The van der Waals surface area contributed by atoms with Crippen molar-refractivity contribution in [2.75, 3.05) is 0 Å². The van der Waals surface area contributed by atoms with Crippen molar-refractivity contribution in [1.29, 1.82) is 0 Å². The number of hydrogen-bond donors (Lipinski definition) is 0. The van der Waals surface area contributed by atoms with E-state index in [2.05, 4.69) is 184 Å². The van der Waals surface area contributed by atoms with Crippen LogP contribution in [0, 0.1) is 12.8 Å². The molecule has 0 spiro atoms. The normalized spacial score (nSPS) is 11.6. The van der Waals surface area contributed by atoms with Gasteiger partial charge in [0.25, 0.3) is 0 Å². The largest absolute Gasteiger partial charge is 0.124 e. The van der Waals surface area contributed by atoms with Crippen LogP contribution in [0.5, 0.6) is 0 Å². The fourth-order valence-corrected chi connectivity index (χ4v) is 6.64. The molecule has 0 saturated heterocycles. The minimum Gasteiger partial charge on any atom is -0.124 e. The number of benzene rings is 7. The average Bonchev–Trinajstić information content (AvgIpc) is 3.10. The van der Waals surface area contributed by atoms with Crippen LogP contribution < -0.4 is 0 Å². The predicted octanol–water partition coefficient (Wildman–Crippen LogP) is 12.4. The second kappa shape index (κ2) is 12.7. The van der Waals surface area contributed by atoms with Crippen molar-refractivity contribution in [3.8, 4) is 46.2 Å². The minimum atomic E-state index is 1.23. The summed E-state index contributed by atoms with van der Waals surface area (Å²) in [5.41, 5.74) is 10.0. The molecule has 0 heterocycles. The fraction of sp³-hybridized carbons (Fsp3) is 0.0455. The maximum Gasteiger partial charge on any atom is -0.000139 e. The summed E-state index contributed by atoms with van der Waals surface area (Å²) < 4.78 is 0. The Bertz CT molecular complexity index is 2120. The third-order valence-electron chi connectivity index (χ3n) is 8.31. The standard InChI is InChI=1S/C42H32.C2H2/c1-3-18-29(4-2)37-33-25-14-15-26-34(33)39(31-21-10-6-11-22-31)42-40(32-23-12-7-13-24-32)36-28-17-16-27-35(36)38(41(37)42)30-19-8-5-9-20-30;1-2/h3-28H,1-2H3;1-2H/b18-3-,29-4+;. The molecular formula is C44H34. The summed E-state index contributed by atoms with van der Waals surface area (Å²) in [6.45, 7) is 4.26. The zero-order valence-corrected chi connectivity index (χ0v) is 25.2. The van der Waals surface area contributed by atoms with E-state index in [0.29, 0.717) is 0 Å². The molecule has 0 heteroatoms. The van der Waals surface area contributed by atoms with Crippen molar-refractivity contribution >= 4 is 37.9 Å². The zero-order chi connectivity index (χ0) is 30.5. The van der Waals surface area contributed by atoms with Crippen LogP contribution in [0.25, 0.3) is 71.3 Å². The summed E-state index contributed by atoms with van der Waals surface area (Å²) in [5, 5.41) is 7.65. The van der Waals surface area contributed by atoms with Crippen LogP contribution in [0.1, 0.15) is 19.4 Å². The Morgan fingerprint density at radius 1 is 0.432 bits per heavy atom. The lowest BCUT2D eigenvalue weighted by atomic mass is 9.77. The van der Waals surface area contributed by atoms with Gasteiger partial charge in [0.2, 0.25) is 0 Å². The van der Waals surface area contributed by atoms with Crippen LogP contribution in [-0.4, -0.2) is 0 Å². The number of rotatable bonds is 5. The van der Waals surface area contributed by atoms with Gasteiger partial charge in [-0.2, -0.15) is 0 Å². The molecule has 0 aliphatic rings. The summed E-state index contributed by atoms with van der Waals surface area (Å²) >= 11 is 0. The first kappa shape index (κ1) is 28.5. The Balaban J connectivity index is 0.00000168. The SMILES string of the molecule is C#C.C/C=C\C(=C/C)c1c2ccccc2c(-c2ccccc2)c2c(-c3ccccc3)c3ccccc3c(-c3ccccc3)c12. The first-order chi connectivity index (χ1) is 21.8. The van der Waals surface area contributed by atoms with Gasteiger partial charge < -0.3 is 0 Å². The fourth-order valence-electron chi connectivity index (χ4n) is 6.64. The average molecular weight is 563 g/mol. The van der Waals surface area contributed by atoms with E-state index in [9.17, 15) is 0 Å². The summed E-state index contributed by atoms with van der Waals surface area (Å²) in [5.74, 6) is 0.